The Hall–Kier alpha value is -2.97. The minimum absolute atomic E-state index is 0.224. The third-order valence-electron chi connectivity index (χ3n) is 4.26. The number of benzene rings is 1. The quantitative estimate of drug-likeness (QED) is 0.873. The van der Waals surface area contributed by atoms with Gasteiger partial charge in [0.2, 0.25) is 11.6 Å². The van der Waals surface area contributed by atoms with Crippen molar-refractivity contribution in [1.82, 2.24) is 15.0 Å². The van der Waals surface area contributed by atoms with Gasteiger partial charge in [0.25, 0.3) is 0 Å². The first-order valence-corrected chi connectivity index (χ1v) is 8.25. The number of amides is 2. The zero-order valence-electron chi connectivity index (χ0n) is 15.2. The number of nitrogens with one attached hydrogen (secondary N) is 1. The number of hydrogen-bond acceptors (Lipinski definition) is 7. The van der Waals surface area contributed by atoms with E-state index >= 15 is 0 Å². The number of carbonyl (C=O) groups is 1. The predicted octanol–water partition coefficient (Wildman–Crippen LogP) is 2.77. The molecule has 0 spiro atoms. The van der Waals surface area contributed by atoms with Crippen LogP contribution in [0, 0.1) is 6.92 Å². The Kier molecular flexibility index (Phi) is 5.15. The molecular weight excluding hydrogens is 340 g/mol. The monoisotopic (exact) mass is 362 g/mol. The van der Waals surface area contributed by atoms with Crippen molar-refractivity contribution in [1.29, 1.82) is 0 Å². The highest BCUT2D eigenvalue weighted by molar-refractivity contribution is 5.90. The summed E-state index contributed by atoms with van der Waals surface area (Å²) < 4.78 is 21.2. The SMILES string of the molecule is COc1cc(NC(=O)N2CCCC2c2nc(C)no2)cc(OC)c1OC. The van der Waals surface area contributed by atoms with Crippen LogP contribution in [-0.4, -0.2) is 48.9 Å². The second-order valence-electron chi connectivity index (χ2n) is 5.88. The van der Waals surface area contributed by atoms with E-state index in [-0.39, 0.29) is 12.1 Å². The predicted molar refractivity (Wildman–Crippen MR) is 92.8 cm³/mol. The lowest BCUT2D eigenvalue weighted by molar-refractivity contribution is 0.193. The number of aryl methyl sites for hydroxylation is 1. The summed E-state index contributed by atoms with van der Waals surface area (Å²) in [5.41, 5.74) is 0.539. The van der Waals surface area contributed by atoms with Gasteiger partial charge in [0.05, 0.1) is 27.0 Å². The van der Waals surface area contributed by atoms with Crippen molar-refractivity contribution in [2.24, 2.45) is 0 Å². The molecule has 0 radical (unpaired) electrons. The number of carbonyl (C=O) groups excluding carboxylic acids is 1. The first-order valence-electron chi connectivity index (χ1n) is 8.25. The Labute approximate surface area is 151 Å². The number of rotatable bonds is 5. The molecule has 2 aromatic rings. The molecule has 1 aromatic carbocycles. The van der Waals surface area contributed by atoms with Gasteiger partial charge in [-0.1, -0.05) is 5.16 Å². The molecule has 3 rings (SSSR count). The minimum atomic E-state index is -0.252. The summed E-state index contributed by atoms with van der Waals surface area (Å²) in [4.78, 5) is 18.7. The van der Waals surface area contributed by atoms with E-state index < -0.39 is 0 Å². The molecule has 9 nitrogen and oxygen atoms in total. The molecule has 1 atom stereocenters. The van der Waals surface area contributed by atoms with Crippen LogP contribution in [-0.2, 0) is 0 Å². The number of hydrogen-bond donors (Lipinski definition) is 1. The highest BCUT2D eigenvalue weighted by Crippen LogP contribution is 2.40. The molecule has 1 aliphatic rings. The lowest BCUT2D eigenvalue weighted by Crippen LogP contribution is -2.34. The lowest BCUT2D eigenvalue weighted by Gasteiger charge is -2.23. The van der Waals surface area contributed by atoms with E-state index in [2.05, 4.69) is 15.5 Å². The maximum atomic E-state index is 12.8. The summed E-state index contributed by atoms with van der Waals surface area (Å²) in [7, 11) is 4.58. The van der Waals surface area contributed by atoms with E-state index in [9.17, 15) is 4.79 Å². The Morgan fingerprint density at radius 3 is 2.46 bits per heavy atom. The third-order valence-corrected chi connectivity index (χ3v) is 4.26. The Morgan fingerprint density at radius 2 is 1.92 bits per heavy atom. The van der Waals surface area contributed by atoms with Crippen molar-refractivity contribution in [2.45, 2.75) is 25.8 Å². The Balaban J connectivity index is 1.81. The molecule has 1 fully saturated rings. The first kappa shape index (κ1) is 17.8. The summed E-state index contributed by atoms with van der Waals surface area (Å²) >= 11 is 0. The highest BCUT2D eigenvalue weighted by Gasteiger charge is 2.34. The fraction of sp³-hybridized carbons (Fsp3) is 0.471. The van der Waals surface area contributed by atoms with Crippen molar-refractivity contribution in [3.8, 4) is 17.2 Å². The summed E-state index contributed by atoms with van der Waals surface area (Å²) in [6, 6.07) is 2.89. The maximum absolute atomic E-state index is 12.8. The van der Waals surface area contributed by atoms with E-state index in [1.54, 1.807) is 24.0 Å². The van der Waals surface area contributed by atoms with Gasteiger partial charge < -0.3 is 29.0 Å². The Bertz CT molecular complexity index is 766. The van der Waals surface area contributed by atoms with Crippen molar-refractivity contribution in [2.75, 3.05) is 33.2 Å². The molecule has 140 valence electrons. The average Bonchev–Trinajstić information content (AvgIpc) is 3.29. The van der Waals surface area contributed by atoms with E-state index in [1.807, 2.05) is 0 Å². The fourth-order valence-electron chi connectivity index (χ4n) is 3.06. The van der Waals surface area contributed by atoms with Gasteiger partial charge in [-0.3, -0.25) is 0 Å². The molecule has 2 heterocycles. The zero-order valence-corrected chi connectivity index (χ0v) is 15.2. The normalized spacial score (nSPS) is 16.5. The second-order valence-corrected chi connectivity index (χ2v) is 5.88. The summed E-state index contributed by atoms with van der Waals surface area (Å²) in [5, 5.41) is 6.68. The molecule has 9 heteroatoms. The molecule has 1 saturated heterocycles. The number of likely N-dealkylation sites (tertiary alicyclic amines) is 1. The average molecular weight is 362 g/mol. The van der Waals surface area contributed by atoms with Gasteiger partial charge in [0, 0.05) is 18.7 Å². The van der Waals surface area contributed by atoms with E-state index in [0.29, 0.717) is 41.2 Å². The molecule has 0 bridgehead atoms. The first-order chi connectivity index (χ1) is 12.6. The molecule has 1 unspecified atom stereocenters. The summed E-state index contributed by atoms with van der Waals surface area (Å²) in [5.74, 6) is 2.41. The topological polar surface area (TPSA) is 99.0 Å². The van der Waals surface area contributed by atoms with Gasteiger partial charge in [-0.25, -0.2) is 4.79 Å². The summed E-state index contributed by atoms with van der Waals surface area (Å²) in [6.07, 6.45) is 1.65. The van der Waals surface area contributed by atoms with Crippen LogP contribution in [0.3, 0.4) is 0 Å². The van der Waals surface area contributed by atoms with Crippen molar-refractivity contribution >= 4 is 11.7 Å². The third kappa shape index (κ3) is 3.37. The molecule has 2 amide bonds. The van der Waals surface area contributed by atoms with Crippen molar-refractivity contribution < 1.29 is 23.5 Å². The van der Waals surface area contributed by atoms with E-state index in [4.69, 9.17) is 18.7 Å². The fourth-order valence-corrected chi connectivity index (χ4v) is 3.06. The number of ether oxygens (including phenoxy) is 3. The number of anilines is 1. The summed E-state index contributed by atoms with van der Waals surface area (Å²) in [6.45, 7) is 2.37. The largest absolute Gasteiger partial charge is 0.493 e. The number of urea groups is 1. The minimum Gasteiger partial charge on any atom is -0.493 e. The van der Waals surface area contributed by atoms with Crippen LogP contribution in [0.1, 0.15) is 30.6 Å². The number of nitrogens with zero attached hydrogens (tertiary/aromatic N) is 3. The van der Waals surface area contributed by atoms with Gasteiger partial charge in [-0.2, -0.15) is 4.98 Å². The molecule has 26 heavy (non-hydrogen) atoms. The number of aromatic nitrogens is 2. The van der Waals surface area contributed by atoms with Crippen LogP contribution >= 0.6 is 0 Å². The van der Waals surface area contributed by atoms with Crippen LogP contribution in [0.15, 0.2) is 16.7 Å². The Morgan fingerprint density at radius 1 is 1.23 bits per heavy atom. The molecule has 1 N–H and O–H groups in total. The van der Waals surface area contributed by atoms with Crippen LogP contribution in [0.5, 0.6) is 17.2 Å². The maximum Gasteiger partial charge on any atom is 0.322 e. The van der Waals surface area contributed by atoms with Gasteiger partial charge in [-0.15, -0.1) is 0 Å². The van der Waals surface area contributed by atoms with Gasteiger partial charge in [-0.05, 0) is 19.8 Å². The molecule has 1 aromatic heterocycles. The van der Waals surface area contributed by atoms with Gasteiger partial charge in [0.1, 0.15) is 6.04 Å². The molecule has 1 aliphatic heterocycles. The van der Waals surface area contributed by atoms with Gasteiger partial charge >= 0.3 is 6.03 Å². The second kappa shape index (κ2) is 7.51. The van der Waals surface area contributed by atoms with E-state index in [1.165, 1.54) is 21.3 Å². The zero-order chi connectivity index (χ0) is 18.7. The van der Waals surface area contributed by atoms with Crippen molar-refractivity contribution in [3.63, 3.8) is 0 Å². The van der Waals surface area contributed by atoms with Crippen LogP contribution in [0.4, 0.5) is 10.5 Å². The molecule has 0 aliphatic carbocycles. The van der Waals surface area contributed by atoms with Gasteiger partial charge in [0.15, 0.2) is 17.3 Å². The highest BCUT2D eigenvalue weighted by atomic mass is 16.5. The number of methoxy groups -OCH3 is 3. The lowest BCUT2D eigenvalue weighted by atomic mass is 10.2. The van der Waals surface area contributed by atoms with Crippen LogP contribution in [0.2, 0.25) is 0 Å². The standard InChI is InChI=1S/C17H22N4O5/c1-10-18-16(26-20-10)12-6-5-7-21(12)17(22)19-11-8-13(23-2)15(25-4)14(9-11)24-3/h8-9,12H,5-7H2,1-4H3,(H,19,22). The van der Waals surface area contributed by atoms with E-state index in [0.717, 1.165) is 12.8 Å². The van der Waals surface area contributed by atoms with Crippen LogP contribution < -0.4 is 19.5 Å². The van der Waals surface area contributed by atoms with Crippen LogP contribution in [0.25, 0.3) is 0 Å². The molecule has 0 saturated carbocycles. The van der Waals surface area contributed by atoms with Crippen molar-refractivity contribution in [3.05, 3.63) is 23.8 Å². The molecular formula is C17H22N4O5. The smallest absolute Gasteiger partial charge is 0.322 e.